The van der Waals surface area contributed by atoms with Crippen LogP contribution < -0.4 is 0 Å². The Morgan fingerprint density at radius 1 is 1.28 bits per heavy atom. The Hall–Kier alpha value is -1.40. The fourth-order valence-corrected chi connectivity index (χ4v) is 4.43. The van der Waals surface area contributed by atoms with E-state index in [1.807, 2.05) is 6.92 Å². The average Bonchev–Trinajstić information content (AvgIpc) is 3.34. The van der Waals surface area contributed by atoms with Crippen LogP contribution >= 0.6 is 0 Å². The normalized spacial score (nSPS) is 29.4. The molecule has 2 saturated heterocycles. The van der Waals surface area contributed by atoms with Crippen molar-refractivity contribution in [2.75, 3.05) is 39.8 Å². The van der Waals surface area contributed by atoms with Crippen molar-refractivity contribution in [3.8, 4) is 0 Å². The van der Waals surface area contributed by atoms with Gasteiger partial charge >= 0.3 is 0 Å². The lowest BCUT2D eigenvalue weighted by atomic mass is 9.86. The van der Waals surface area contributed by atoms with E-state index >= 15 is 0 Å². The fourth-order valence-electron chi connectivity index (χ4n) is 4.43. The first-order valence-corrected chi connectivity index (χ1v) is 9.66. The fraction of sp³-hybridized carbons (Fsp3) is 0.789. The van der Waals surface area contributed by atoms with Crippen molar-refractivity contribution in [2.24, 2.45) is 5.92 Å². The van der Waals surface area contributed by atoms with Gasteiger partial charge in [0, 0.05) is 58.2 Å². The summed E-state index contributed by atoms with van der Waals surface area (Å²) >= 11 is 0. The third kappa shape index (κ3) is 3.75. The highest BCUT2D eigenvalue weighted by Crippen LogP contribution is 2.35. The zero-order valence-corrected chi connectivity index (χ0v) is 15.5. The predicted octanol–water partition coefficient (Wildman–Crippen LogP) is 1.89. The zero-order chi connectivity index (χ0) is 17.4. The summed E-state index contributed by atoms with van der Waals surface area (Å²) in [5.74, 6) is 1.87. The first-order chi connectivity index (χ1) is 12.0. The highest BCUT2D eigenvalue weighted by atomic mass is 16.3. The van der Waals surface area contributed by atoms with Crippen molar-refractivity contribution >= 4 is 5.91 Å². The van der Waals surface area contributed by atoms with Crippen LogP contribution in [0.25, 0.3) is 0 Å². The van der Waals surface area contributed by atoms with Crippen LogP contribution in [0.2, 0.25) is 0 Å². The molecular formula is C19H30N4O2. The highest BCUT2D eigenvalue weighted by Gasteiger charge is 2.42. The standard InChI is InChI=1S/C19H30N4O2/c1-15-20-17(13-25-15)12-22-10-9-21(2)19(14-22)6-5-18(24)23(8-7-19)11-16-3-4-16/h13,16H,3-12,14H2,1-2H3/t19-/m1/s1. The van der Waals surface area contributed by atoms with Gasteiger partial charge in [-0.05, 0) is 38.6 Å². The van der Waals surface area contributed by atoms with Gasteiger partial charge in [0.05, 0.1) is 5.69 Å². The van der Waals surface area contributed by atoms with E-state index in [1.165, 1.54) is 12.8 Å². The summed E-state index contributed by atoms with van der Waals surface area (Å²) in [5.41, 5.74) is 1.13. The molecule has 1 atom stereocenters. The number of rotatable bonds is 4. The van der Waals surface area contributed by atoms with Crippen molar-refractivity contribution in [1.82, 2.24) is 19.7 Å². The van der Waals surface area contributed by atoms with Crippen molar-refractivity contribution in [2.45, 2.75) is 51.1 Å². The van der Waals surface area contributed by atoms with Gasteiger partial charge < -0.3 is 9.32 Å². The molecule has 1 aromatic heterocycles. The van der Waals surface area contributed by atoms with Crippen molar-refractivity contribution in [3.63, 3.8) is 0 Å². The Kier molecular flexibility index (Phi) is 4.58. The van der Waals surface area contributed by atoms with Crippen molar-refractivity contribution in [1.29, 1.82) is 0 Å². The first-order valence-electron chi connectivity index (χ1n) is 9.66. The number of oxazole rings is 1. The second kappa shape index (κ2) is 6.72. The minimum atomic E-state index is 0.116. The van der Waals surface area contributed by atoms with E-state index in [0.717, 1.165) is 69.6 Å². The Balaban J connectivity index is 1.43. The lowest BCUT2D eigenvalue weighted by molar-refractivity contribution is -0.131. The van der Waals surface area contributed by atoms with Gasteiger partial charge in [-0.2, -0.15) is 0 Å². The molecule has 3 heterocycles. The quantitative estimate of drug-likeness (QED) is 0.833. The number of carbonyl (C=O) groups excluding carboxylic acids is 1. The lowest BCUT2D eigenvalue weighted by Crippen LogP contribution is -2.60. The van der Waals surface area contributed by atoms with Gasteiger partial charge in [0.1, 0.15) is 6.26 Å². The molecule has 1 aromatic rings. The number of hydrogen-bond acceptors (Lipinski definition) is 5. The number of hydrogen-bond donors (Lipinski definition) is 0. The number of aromatic nitrogens is 1. The molecule has 138 valence electrons. The molecule has 0 aromatic carbocycles. The van der Waals surface area contributed by atoms with Crippen LogP contribution in [0.1, 0.15) is 43.7 Å². The summed E-state index contributed by atoms with van der Waals surface area (Å²) < 4.78 is 5.36. The van der Waals surface area contributed by atoms with Gasteiger partial charge in [0.15, 0.2) is 5.89 Å². The number of carbonyl (C=O) groups is 1. The molecule has 0 bridgehead atoms. The number of piperazine rings is 1. The number of aryl methyl sites for hydroxylation is 1. The van der Waals surface area contributed by atoms with Crippen molar-refractivity contribution < 1.29 is 9.21 Å². The monoisotopic (exact) mass is 346 g/mol. The molecule has 3 aliphatic rings. The lowest BCUT2D eigenvalue weighted by Gasteiger charge is -2.49. The van der Waals surface area contributed by atoms with Gasteiger partial charge in [-0.1, -0.05) is 0 Å². The number of likely N-dealkylation sites (tertiary alicyclic amines) is 1. The van der Waals surface area contributed by atoms with Crippen LogP contribution in [0.15, 0.2) is 10.7 Å². The molecule has 6 heteroatoms. The van der Waals surface area contributed by atoms with Crippen LogP contribution in [0.4, 0.5) is 0 Å². The minimum absolute atomic E-state index is 0.116. The maximum Gasteiger partial charge on any atom is 0.222 e. The molecule has 1 saturated carbocycles. The van der Waals surface area contributed by atoms with E-state index in [4.69, 9.17) is 4.42 Å². The molecule has 2 aliphatic heterocycles. The average molecular weight is 346 g/mol. The third-order valence-corrected chi connectivity index (χ3v) is 6.31. The molecule has 1 amide bonds. The smallest absolute Gasteiger partial charge is 0.222 e. The topological polar surface area (TPSA) is 52.8 Å². The Morgan fingerprint density at radius 3 is 2.84 bits per heavy atom. The largest absolute Gasteiger partial charge is 0.449 e. The molecule has 0 N–H and O–H groups in total. The Morgan fingerprint density at radius 2 is 2.12 bits per heavy atom. The summed E-state index contributed by atoms with van der Waals surface area (Å²) in [6.07, 6.45) is 7.12. The van der Waals surface area contributed by atoms with Crippen LogP contribution in [0.5, 0.6) is 0 Å². The van der Waals surface area contributed by atoms with E-state index in [2.05, 4.69) is 26.7 Å². The third-order valence-electron chi connectivity index (χ3n) is 6.31. The first kappa shape index (κ1) is 17.0. The summed E-state index contributed by atoms with van der Waals surface area (Å²) in [6, 6.07) is 0. The molecule has 0 unspecified atom stereocenters. The van der Waals surface area contributed by atoms with Crippen LogP contribution in [-0.4, -0.2) is 70.9 Å². The second-order valence-corrected chi connectivity index (χ2v) is 8.25. The molecule has 3 fully saturated rings. The summed E-state index contributed by atoms with van der Waals surface area (Å²) in [7, 11) is 2.23. The molecule has 1 aliphatic carbocycles. The van der Waals surface area contributed by atoms with Crippen LogP contribution in [0, 0.1) is 12.8 Å². The molecule has 1 spiro atoms. The van der Waals surface area contributed by atoms with Gasteiger partial charge in [0.2, 0.25) is 5.91 Å². The van der Waals surface area contributed by atoms with Gasteiger partial charge in [0.25, 0.3) is 0 Å². The molecule has 4 rings (SSSR count). The van der Waals surface area contributed by atoms with Gasteiger partial charge in [-0.25, -0.2) is 4.98 Å². The molecule has 6 nitrogen and oxygen atoms in total. The number of amides is 1. The van der Waals surface area contributed by atoms with E-state index in [-0.39, 0.29) is 5.54 Å². The Bertz CT molecular complexity index is 627. The second-order valence-electron chi connectivity index (χ2n) is 8.25. The van der Waals surface area contributed by atoms with Crippen molar-refractivity contribution in [3.05, 3.63) is 17.8 Å². The van der Waals surface area contributed by atoms with Gasteiger partial charge in [-0.3, -0.25) is 14.6 Å². The Labute approximate surface area is 150 Å². The molecule has 25 heavy (non-hydrogen) atoms. The van der Waals surface area contributed by atoms with E-state index < -0.39 is 0 Å². The number of nitrogens with zero attached hydrogens (tertiary/aromatic N) is 4. The minimum Gasteiger partial charge on any atom is -0.449 e. The maximum atomic E-state index is 12.6. The molecule has 0 radical (unpaired) electrons. The molecular weight excluding hydrogens is 316 g/mol. The van der Waals surface area contributed by atoms with E-state index in [1.54, 1.807) is 6.26 Å². The van der Waals surface area contributed by atoms with Crippen LogP contribution in [-0.2, 0) is 11.3 Å². The predicted molar refractivity (Wildman–Crippen MR) is 95.0 cm³/mol. The van der Waals surface area contributed by atoms with Crippen LogP contribution in [0.3, 0.4) is 0 Å². The summed E-state index contributed by atoms with van der Waals surface area (Å²) in [6.45, 7) is 7.74. The zero-order valence-electron chi connectivity index (χ0n) is 15.5. The maximum absolute atomic E-state index is 12.6. The summed E-state index contributed by atoms with van der Waals surface area (Å²) in [5, 5.41) is 0. The number of likely N-dealkylation sites (N-methyl/N-ethyl adjacent to an activating group) is 1. The summed E-state index contributed by atoms with van der Waals surface area (Å²) in [4.78, 5) is 24.1. The SMILES string of the molecule is Cc1nc(CN2CCN(C)[C@@]3(CCC(=O)N(CC4CC4)CC3)C2)co1. The van der Waals surface area contributed by atoms with Gasteiger partial charge in [-0.15, -0.1) is 0 Å². The van der Waals surface area contributed by atoms with E-state index in [0.29, 0.717) is 12.3 Å². The highest BCUT2D eigenvalue weighted by molar-refractivity contribution is 5.76. The van der Waals surface area contributed by atoms with E-state index in [9.17, 15) is 4.79 Å².